The van der Waals surface area contributed by atoms with Gasteiger partial charge in [-0.25, -0.2) is 4.98 Å². The van der Waals surface area contributed by atoms with Crippen molar-refractivity contribution in [2.24, 2.45) is 0 Å². The average Bonchev–Trinajstić information content (AvgIpc) is 3.13. The van der Waals surface area contributed by atoms with Gasteiger partial charge in [-0.15, -0.1) is 0 Å². The minimum atomic E-state index is -4.38. The van der Waals surface area contributed by atoms with Crippen LogP contribution in [0.25, 0.3) is 11.3 Å². The van der Waals surface area contributed by atoms with Gasteiger partial charge in [0.2, 0.25) is 5.89 Å². The molecular weight excluding hydrogens is 349 g/mol. The minimum Gasteiger partial charge on any atom is -0.439 e. The number of halogens is 4. The predicted octanol–water partition coefficient (Wildman–Crippen LogP) is 4.37. The van der Waals surface area contributed by atoms with Crippen molar-refractivity contribution in [1.82, 2.24) is 10.3 Å². The SMILES string of the molecule is FC(F)(F)c1ccc(Br)c(-c2cnc(CNC3CC3)o2)c1. The first-order valence-electron chi connectivity index (χ1n) is 6.48. The Kier molecular flexibility index (Phi) is 3.79. The molecule has 1 aliphatic rings. The number of nitrogens with one attached hydrogen (secondary N) is 1. The number of nitrogens with zero attached hydrogens (tertiary/aromatic N) is 1. The maximum Gasteiger partial charge on any atom is 0.416 e. The van der Waals surface area contributed by atoms with Crippen molar-refractivity contribution < 1.29 is 17.6 Å². The number of rotatable bonds is 4. The standard InChI is InChI=1S/C14H12BrF3N2O/c15-11-4-1-8(14(16,17)18)5-10(11)12-6-20-13(21-12)7-19-9-2-3-9/h1,4-6,9,19H,2-3,7H2. The van der Waals surface area contributed by atoms with Crippen LogP contribution in [0.1, 0.15) is 24.3 Å². The molecule has 0 spiro atoms. The van der Waals surface area contributed by atoms with Crippen molar-refractivity contribution in [3.8, 4) is 11.3 Å². The fraction of sp³-hybridized carbons (Fsp3) is 0.357. The normalized spacial score (nSPS) is 15.4. The fourth-order valence-corrected chi connectivity index (χ4v) is 2.37. The Morgan fingerprint density at radius 2 is 2.10 bits per heavy atom. The first-order valence-corrected chi connectivity index (χ1v) is 7.28. The number of alkyl halides is 3. The maximum absolute atomic E-state index is 12.8. The molecule has 0 aliphatic heterocycles. The minimum absolute atomic E-state index is 0.320. The molecule has 7 heteroatoms. The lowest BCUT2D eigenvalue weighted by Crippen LogP contribution is -2.15. The molecule has 1 aromatic carbocycles. The van der Waals surface area contributed by atoms with Gasteiger partial charge in [-0.05, 0) is 31.0 Å². The highest BCUT2D eigenvalue weighted by atomic mass is 79.9. The molecule has 0 amide bonds. The molecule has 0 unspecified atom stereocenters. The molecule has 3 nitrogen and oxygen atoms in total. The zero-order valence-electron chi connectivity index (χ0n) is 10.9. The van der Waals surface area contributed by atoms with E-state index in [-0.39, 0.29) is 0 Å². The molecule has 1 aliphatic carbocycles. The Balaban J connectivity index is 1.84. The largest absolute Gasteiger partial charge is 0.439 e. The number of aromatic nitrogens is 1. The van der Waals surface area contributed by atoms with Crippen molar-refractivity contribution in [3.63, 3.8) is 0 Å². The molecule has 0 saturated heterocycles. The fourth-order valence-electron chi connectivity index (χ4n) is 1.93. The Hall–Kier alpha value is -1.34. The van der Waals surface area contributed by atoms with Gasteiger partial charge in [0.25, 0.3) is 0 Å². The molecule has 0 atom stereocenters. The third-order valence-corrected chi connectivity index (χ3v) is 3.92. The van der Waals surface area contributed by atoms with Gasteiger partial charge in [-0.2, -0.15) is 13.2 Å². The summed E-state index contributed by atoms with van der Waals surface area (Å²) in [6.07, 6.45) is -0.643. The predicted molar refractivity (Wildman–Crippen MR) is 74.5 cm³/mol. The number of hydrogen-bond acceptors (Lipinski definition) is 3. The zero-order chi connectivity index (χ0) is 15.0. The van der Waals surface area contributed by atoms with Crippen LogP contribution in [0, 0.1) is 0 Å². The van der Waals surface area contributed by atoms with E-state index in [4.69, 9.17) is 4.42 Å². The summed E-state index contributed by atoms with van der Waals surface area (Å²) >= 11 is 3.24. The highest BCUT2D eigenvalue weighted by Gasteiger charge is 2.31. The maximum atomic E-state index is 12.8. The Morgan fingerprint density at radius 1 is 1.33 bits per heavy atom. The van der Waals surface area contributed by atoms with Crippen LogP contribution >= 0.6 is 15.9 Å². The van der Waals surface area contributed by atoms with Crippen molar-refractivity contribution >= 4 is 15.9 Å². The monoisotopic (exact) mass is 360 g/mol. The van der Waals surface area contributed by atoms with E-state index in [1.54, 1.807) is 0 Å². The van der Waals surface area contributed by atoms with Gasteiger partial charge in [-0.3, -0.25) is 0 Å². The van der Waals surface area contributed by atoms with Crippen LogP contribution in [0.2, 0.25) is 0 Å². The van der Waals surface area contributed by atoms with Gasteiger partial charge in [-0.1, -0.05) is 15.9 Å². The van der Waals surface area contributed by atoms with Gasteiger partial charge in [0, 0.05) is 16.1 Å². The molecule has 1 aromatic heterocycles. The van der Waals surface area contributed by atoms with Crippen LogP contribution in [0.4, 0.5) is 13.2 Å². The number of oxazole rings is 1. The summed E-state index contributed by atoms with van der Waals surface area (Å²) in [7, 11) is 0. The van der Waals surface area contributed by atoms with Gasteiger partial charge in [0.15, 0.2) is 5.76 Å². The van der Waals surface area contributed by atoms with Crippen LogP contribution in [-0.2, 0) is 12.7 Å². The van der Waals surface area contributed by atoms with Gasteiger partial charge >= 0.3 is 6.18 Å². The van der Waals surface area contributed by atoms with Crippen LogP contribution in [0.15, 0.2) is 33.3 Å². The van der Waals surface area contributed by atoms with Gasteiger partial charge in [0.1, 0.15) is 0 Å². The highest BCUT2D eigenvalue weighted by Crippen LogP contribution is 2.36. The van der Waals surface area contributed by atoms with E-state index in [9.17, 15) is 13.2 Å². The first kappa shape index (κ1) is 14.6. The topological polar surface area (TPSA) is 38.1 Å². The van der Waals surface area contributed by atoms with Crippen LogP contribution in [0.3, 0.4) is 0 Å². The molecule has 3 rings (SSSR count). The van der Waals surface area contributed by atoms with Gasteiger partial charge < -0.3 is 9.73 Å². The van der Waals surface area contributed by atoms with E-state index < -0.39 is 11.7 Å². The highest BCUT2D eigenvalue weighted by molar-refractivity contribution is 9.10. The molecule has 0 bridgehead atoms. The van der Waals surface area contributed by atoms with Crippen molar-refractivity contribution in [3.05, 3.63) is 40.3 Å². The van der Waals surface area contributed by atoms with Crippen molar-refractivity contribution in [1.29, 1.82) is 0 Å². The molecular formula is C14H12BrF3N2O. The second kappa shape index (κ2) is 5.46. The van der Waals surface area contributed by atoms with Crippen molar-refractivity contribution in [2.75, 3.05) is 0 Å². The molecule has 1 saturated carbocycles. The van der Waals surface area contributed by atoms with E-state index >= 15 is 0 Å². The second-order valence-corrected chi connectivity index (χ2v) is 5.82. The molecule has 1 fully saturated rings. The van der Waals surface area contributed by atoms with Gasteiger partial charge in [0.05, 0.1) is 18.3 Å². The molecule has 1 N–H and O–H groups in total. The second-order valence-electron chi connectivity index (χ2n) is 4.97. The van der Waals surface area contributed by atoms with E-state index in [1.807, 2.05) is 0 Å². The van der Waals surface area contributed by atoms with Crippen LogP contribution in [0.5, 0.6) is 0 Å². The van der Waals surface area contributed by atoms with Crippen molar-refractivity contribution in [2.45, 2.75) is 31.6 Å². The average molecular weight is 361 g/mol. The molecule has 21 heavy (non-hydrogen) atoms. The Bertz CT molecular complexity index is 650. The molecule has 0 radical (unpaired) electrons. The number of hydrogen-bond donors (Lipinski definition) is 1. The lowest BCUT2D eigenvalue weighted by atomic mass is 10.1. The summed E-state index contributed by atoms with van der Waals surface area (Å²) in [5.41, 5.74) is -0.371. The smallest absolute Gasteiger partial charge is 0.416 e. The van der Waals surface area contributed by atoms with E-state index in [0.29, 0.717) is 34.3 Å². The summed E-state index contributed by atoms with van der Waals surface area (Å²) in [6, 6.07) is 3.96. The summed E-state index contributed by atoms with van der Waals surface area (Å²) in [5, 5.41) is 3.24. The van der Waals surface area contributed by atoms with E-state index in [0.717, 1.165) is 25.0 Å². The summed E-state index contributed by atoms with van der Waals surface area (Å²) < 4.78 is 44.4. The molecule has 112 valence electrons. The zero-order valence-corrected chi connectivity index (χ0v) is 12.5. The molecule has 2 aromatic rings. The lowest BCUT2D eigenvalue weighted by molar-refractivity contribution is -0.137. The lowest BCUT2D eigenvalue weighted by Gasteiger charge is -2.09. The van der Waals surface area contributed by atoms with E-state index in [1.165, 1.54) is 12.3 Å². The van der Waals surface area contributed by atoms with E-state index in [2.05, 4.69) is 26.2 Å². The molecule has 1 heterocycles. The quantitative estimate of drug-likeness (QED) is 0.879. The number of benzene rings is 1. The summed E-state index contributed by atoms with van der Waals surface area (Å²) in [5.74, 6) is 0.793. The summed E-state index contributed by atoms with van der Waals surface area (Å²) in [4.78, 5) is 4.09. The Labute approximate surface area is 127 Å². The summed E-state index contributed by atoms with van der Waals surface area (Å²) in [6.45, 7) is 0.487. The first-order chi connectivity index (χ1) is 9.93. The third kappa shape index (κ3) is 3.47. The Morgan fingerprint density at radius 3 is 2.76 bits per heavy atom. The van der Waals surface area contributed by atoms with Crippen LogP contribution in [-0.4, -0.2) is 11.0 Å². The third-order valence-electron chi connectivity index (χ3n) is 3.23. The van der Waals surface area contributed by atoms with Crippen LogP contribution < -0.4 is 5.32 Å².